The summed E-state index contributed by atoms with van der Waals surface area (Å²) in [6, 6.07) is 3.72. The molecule has 0 aromatic heterocycles. The number of rotatable bonds is 4. The minimum absolute atomic E-state index is 0.260. The van der Waals surface area contributed by atoms with Crippen molar-refractivity contribution in [3.05, 3.63) is 23.3 Å². The first-order valence-electron chi connectivity index (χ1n) is 4.48. The molecule has 0 aliphatic carbocycles. The van der Waals surface area contributed by atoms with Gasteiger partial charge in [0.05, 0.1) is 20.8 Å². The molecule has 0 saturated carbocycles. The van der Waals surface area contributed by atoms with E-state index in [-0.39, 0.29) is 6.54 Å². The molecule has 80 valence electrons. The maximum Gasteiger partial charge on any atom is 0.235 e. The van der Waals surface area contributed by atoms with E-state index in [4.69, 9.17) is 9.47 Å². The Kier molecular flexibility index (Phi) is 3.89. The Bertz CT molecular complexity index is 395. The predicted octanol–water partition coefficient (Wildman–Crippen LogP) is 1.85. The second-order valence-corrected chi connectivity index (χ2v) is 3.00. The standard InChI is InChI=1S/C11H13NO3/c1-8-4-5-10(14-2)11(15-3)9(8)6-12-7-13/h4-5H,6H2,1-3H3. The van der Waals surface area contributed by atoms with Crippen LogP contribution in [0, 0.1) is 6.92 Å². The third-order valence-corrected chi connectivity index (χ3v) is 2.18. The summed E-state index contributed by atoms with van der Waals surface area (Å²) in [4.78, 5) is 13.6. The van der Waals surface area contributed by atoms with E-state index in [1.807, 2.05) is 19.1 Å². The van der Waals surface area contributed by atoms with Crippen LogP contribution in [-0.2, 0) is 11.3 Å². The molecule has 0 spiro atoms. The van der Waals surface area contributed by atoms with Gasteiger partial charge in [0, 0.05) is 5.56 Å². The Morgan fingerprint density at radius 2 is 2.07 bits per heavy atom. The number of isocyanates is 1. The van der Waals surface area contributed by atoms with Crippen molar-refractivity contribution >= 4 is 6.08 Å². The van der Waals surface area contributed by atoms with E-state index < -0.39 is 0 Å². The number of hydrogen-bond acceptors (Lipinski definition) is 4. The molecule has 0 atom stereocenters. The van der Waals surface area contributed by atoms with E-state index in [0.717, 1.165) is 11.1 Å². The van der Waals surface area contributed by atoms with Gasteiger partial charge >= 0.3 is 0 Å². The van der Waals surface area contributed by atoms with Crippen LogP contribution in [0.2, 0.25) is 0 Å². The second-order valence-electron chi connectivity index (χ2n) is 3.00. The van der Waals surface area contributed by atoms with Gasteiger partial charge in [0.2, 0.25) is 6.08 Å². The van der Waals surface area contributed by atoms with Gasteiger partial charge < -0.3 is 9.47 Å². The summed E-state index contributed by atoms with van der Waals surface area (Å²) < 4.78 is 10.4. The first-order chi connectivity index (χ1) is 7.24. The summed E-state index contributed by atoms with van der Waals surface area (Å²) >= 11 is 0. The largest absolute Gasteiger partial charge is 0.493 e. The number of methoxy groups -OCH3 is 2. The zero-order valence-corrected chi connectivity index (χ0v) is 9.03. The van der Waals surface area contributed by atoms with Gasteiger partial charge in [-0.05, 0) is 18.6 Å². The average molecular weight is 207 g/mol. The number of hydrogen-bond donors (Lipinski definition) is 0. The number of aliphatic imine (C=N–C) groups is 1. The van der Waals surface area contributed by atoms with Crippen molar-refractivity contribution in [2.24, 2.45) is 4.99 Å². The predicted molar refractivity (Wildman–Crippen MR) is 56.1 cm³/mol. The highest BCUT2D eigenvalue weighted by Gasteiger charge is 2.11. The minimum Gasteiger partial charge on any atom is -0.493 e. The zero-order valence-electron chi connectivity index (χ0n) is 9.03. The molecule has 0 N–H and O–H groups in total. The Morgan fingerprint density at radius 3 is 2.60 bits per heavy atom. The van der Waals surface area contributed by atoms with Crippen LogP contribution in [0.1, 0.15) is 11.1 Å². The average Bonchev–Trinajstić information content (AvgIpc) is 2.27. The lowest BCUT2D eigenvalue weighted by atomic mass is 10.1. The molecule has 0 aliphatic rings. The van der Waals surface area contributed by atoms with Gasteiger partial charge in [-0.25, -0.2) is 9.79 Å². The van der Waals surface area contributed by atoms with Crippen molar-refractivity contribution in [2.45, 2.75) is 13.5 Å². The molecule has 0 radical (unpaired) electrons. The molecule has 0 aliphatic heterocycles. The lowest BCUT2D eigenvalue weighted by Crippen LogP contribution is -1.97. The van der Waals surface area contributed by atoms with Crippen LogP contribution in [0.4, 0.5) is 0 Å². The summed E-state index contributed by atoms with van der Waals surface area (Å²) in [5, 5.41) is 0. The fraction of sp³-hybridized carbons (Fsp3) is 0.364. The van der Waals surface area contributed by atoms with Crippen LogP contribution in [-0.4, -0.2) is 20.3 Å². The molecular weight excluding hydrogens is 194 g/mol. The van der Waals surface area contributed by atoms with Gasteiger partial charge in [-0.1, -0.05) is 6.07 Å². The van der Waals surface area contributed by atoms with E-state index in [2.05, 4.69) is 4.99 Å². The maximum absolute atomic E-state index is 10.1. The molecule has 15 heavy (non-hydrogen) atoms. The van der Waals surface area contributed by atoms with E-state index >= 15 is 0 Å². The van der Waals surface area contributed by atoms with Gasteiger partial charge in [0.25, 0.3) is 0 Å². The van der Waals surface area contributed by atoms with Gasteiger partial charge in [-0.3, -0.25) is 0 Å². The van der Waals surface area contributed by atoms with Gasteiger partial charge in [-0.15, -0.1) is 0 Å². The lowest BCUT2D eigenvalue weighted by molar-refractivity contribution is 0.351. The smallest absolute Gasteiger partial charge is 0.235 e. The Labute approximate surface area is 88.5 Å². The van der Waals surface area contributed by atoms with Crippen molar-refractivity contribution < 1.29 is 14.3 Å². The fourth-order valence-electron chi connectivity index (χ4n) is 1.40. The lowest BCUT2D eigenvalue weighted by Gasteiger charge is -2.13. The topological polar surface area (TPSA) is 47.9 Å². The third kappa shape index (κ3) is 2.36. The molecule has 0 amide bonds. The molecule has 0 unspecified atom stereocenters. The number of nitrogens with zero attached hydrogens (tertiary/aromatic N) is 1. The first kappa shape index (κ1) is 11.3. The summed E-state index contributed by atoms with van der Waals surface area (Å²) in [6.45, 7) is 2.19. The summed E-state index contributed by atoms with van der Waals surface area (Å²) in [5.41, 5.74) is 1.85. The van der Waals surface area contributed by atoms with E-state index in [0.29, 0.717) is 11.5 Å². The van der Waals surface area contributed by atoms with Crippen molar-refractivity contribution in [3.63, 3.8) is 0 Å². The van der Waals surface area contributed by atoms with Crippen molar-refractivity contribution in [3.8, 4) is 11.5 Å². The molecular formula is C11H13NO3. The summed E-state index contributed by atoms with van der Waals surface area (Å²) in [6.07, 6.45) is 1.51. The Balaban J connectivity index is 3.24. The quantitative estimate of drug-likeness (QED) is 0.559. The zero-order chi connectivity index (χ0) is 11.3. The Hall–Kier alpha value is -1.80. The molecule has 4 nitrogen and oxygen atoms in total. The number of carbonyl (C=O) groups excluding carboxylic acids is 1. The number of ether oxygens (including phenoxy) is 2. The molecule has 1 aromatic carbocycles. The highest BCUT2D eigenvalue weighted by Crippen LogP contribution is 2.33. The minimum atomic E-state index is 0.260. The fourth-order valence-corrected chi connectivity index (χ4v) is 1.40. The van der Waals surface area contributed by atoms with E-state index in [1.165, 1.54) is 6.08 Å². The van der Waals surface area contributed by atoms with Crippen molar-refractivity contribution in [1.29, 1.82) is 0 Å². The van der Waals surface area contributed by atoms with E-state index in [9.17, 15) is 4.79 Å². The van der Waals surface area contributed by atoms with Crippen LogP contribution >= 0.6 is 0 Å². The molecule has 0 bridgehead atoms. The maximum atomic E-state index is 10.1. The monoisotopic (exact) mass is 207 g/mol. The van der Waals surface area contributed by atoms with Crippen LogP contribution in [0.25, 0.3) is 0 Å². The van der Waals surface area contributed by atoms with E-state index in [1.54, 1.807) is 14.2 Å². The molecule has 1 rings (SSSR count). The summed E-state index contributed by atoms with van der Waals surface area (Å²) in [7, 11) is 3.13. The molecule has 0 fully saturated rings. The Morgan fingerprint density at radius 1 is 1.33 bits per heavy atom. The highest BCUT2D eigenvalue weighted by molar-refractivity contribution is 5.51. The molecule has 0 saturated heterocycles. The second kappa shape index (κ2) is 5.17. The van der Waals surface area contributed by atoms with Crippen LogP contribution in [0.15, 0.2) is 17.1 Å². The third-order valence-electron chi connectivity index (χ3n) is 2.18. The number of benzene rings is 1. The summed E-state index contributed by atoms with van der Waals surface area (Å²) in [5.74, 6) is 1.26. The van der Waals surface area contributed by atoms with Crippen molar-refractivity contribution in [2.75, 3.05) is 14.2 Å². The normalized spacial score (nSPS) is 9.27. The molecule has 0 heterocycles. The number of aryl methyl sites for hydroxylation is 1. The van der Waals surface area contributed by atoms with Crippen LogP contribution < -0.4 is 9.47 Å². The molecule has 1 aromatic rings. The van der Waals surface area contributed by atoms with Crippen LogP contribution in [0.5, 0.6) is 11.5 Å². The van der Waals surface area contributed by atoms with Gasteiger partial charge in [0.15, 0.2) is 11.5 Å². The first-order valence-corrected chi connectivity index (χ1v) is 4.48. The highest BCUT2D eigenvalue weighted by atomic mass is 16.5. The van der Waals surface area contributed by atoms with Gasteiger partial charge in [0.1, 0.15) is 0 Å². The van der Waals surface area contributed by atoms with Crippen molar-refractivity contribution in [1.82, 2.24) is 0 Å². The SMILES string of the molecule is COc1ccc(C)c(CN=C=O)c1OC. The van der Waals surface area contributed by atoms with Gasteiger partial charge in [-0.2, -0.15) is 0 Å². The molecule has 4 heteroatoms. The van der Waals surface area contributed by atoms with Crippen LogP contribution in [0.3, 0.4) is 0 Å².